The molecule has 0 bridgehead atoms. The minimum absolute atomic E-state index is 0.423. The fraction of sp³-hybridized carbons (Fsp3) is 0.478. The van der Waals surface area contributed by atoms with Gasteiger partial charge in [0, 0.05) is 0 Å². The minimum Gasteiger partial charge on any atom is -0.496 e. The van der Waals surface area contributed by atoms with E-state index in [0.29, 0.717) is 11.3 Å². The van der Waals surface area contributed by atoms with Gasteiger partial charge in [0.15, 0.2) is 0 Å². The Balaban J connectivity index is 2.16. The van der Waals surface area contributed by atoms with Crippen molar-refractivity contribution in [3.8, 4) is 11.5 Å². The van der Waals surface area contributed by atoms with Gasteiger partial charge >= 0.3 is 0 Å². The van der Waals surface area contributed by atoms with Gasteiger partial charge in [-0.15, -0.1) is 9.24 Å². The third-order valence-corrected chi connectivity index (χ3v) is 9.77. The molecule has 27 heavy (non-hydrogen) atoms. The number of ether oxygens (including phenoxy) is 2. The van der Waals surface area contributed by atoms with Gasteiger partial charge in [-0.1, -0.05) is 6.42 Å². The maximum absolute atomic E-state index is 5.62. The van der Waals surface area contributed by atoms with Gasteiger partial charge in [-0.05, 0) is 117 Å². The van der Waals surface area contributed by atoms with Crippen LogP contribution in [0.2, 0.25) is 0 Å². The fourth-order valence-electron chi connectivity index (χ4n) is 4.60. The normalized spacial score (nSPS) is 19.6. The first kappa shape index (κ1) is 20.6. The van der Waals surface area contributed by atoms with Gasteiger partial charge in [0.2, 0.25) is 0 Å². The maximum atomic E-state index is 5.62. The summed E-state index contributed by atoms with van der Waals surface area (Å²) >= 11 is 0. The van der Waals surface area contributed by atoms with Crippen molar-refractivity contribution in [2.45, 2.75) is 58.3 Å². The van der Waals surface area contributed by atoms with E-state index in [4.69, 9.17) is 9.47 Å². The topological polar surface area (TPSA) is 18.5 Å². The second kappa shape index (κ2) is 8.50. The lowest BCUT2D eigenvalue weighted by atomic mass is 10.1. The SMILES string of the molecule is COc1c(C)cc(P(c2cc(C)c(OC)c(C)c2)C2CCCC2P)cc1C. The highest BCUT2D eigenvalue weighted by molar-refractivity contribution is 7.74. The Bertz CT molecular complexity index is 726. The van der Waals surface area contributed by atoms with Crippen molar-refractivity contribution in [2.24, 2.45) is 0 Å². The molecule has 0 saturated heterocycles. The first-order valence-corrected chi connectivity index (χ1v) is 11.8. The lowest BCUT2D eigenvalue weighted by Gasteiger charge is -2.30. The molecule has 2 aromatic rings. The average molecular weight is 402 g/mol. The van der Waals surface area contributed by atoms with Crippen molar-refractivity contribution in [3.63, 3.8) is 0 Å². The van der Waals surface area contributed by atoms with Crippen molar-refractivity contribution in [1.29, 1.82) is 0 Å². The summed E-state index contributed by atoms with van der Waals surface area (Å²) < 4.78 is 11.2. The Morgan fingerprint density at radius 3 is 1.48 bits per heavy atom. The number of benzene rings is 2. The van der Waals surface area contributed by atoms with Crippen LogP contribution in [0.25, 0.3) is 0 Å². The van der Waals surface area contributed by atoms with Gasteiger partial charge in [0.05, 0.1) is 14.2 Å². The van der Waals surface area contributed by atoms with E-state index < -0.39 is 7.92 Å². The standard InChI is InChI=1S/C23H32O2P2/c1-14-10-18(11-15(2)22(14)24-5)27(21-9-7-8-20(21)26)19-12-16(3)23(25-6)17(4)13-19/h10-13,20-21H,7-9,26H2,1-6H3. The molecule has 0 amide bonds. The van der Waals surface area contributed by atoms with Crippen LogP contribution >= 0.6 is 17.2 Å². The largest absolute Gasteiger partial charge is 0.496 e. The first-order valence-electron chi connectivity index (χ1n) is 9.72. The molecule has 0 radical (unpaired) electrons. The average Bonchev–Trinajstić information content (AvgIpc) is 3.00. The summed E-state index contributed by atoms with van der Waals surface area (Å²) in [6.07, 6.45) is 3.96. The van der Waals surface area contributed by atoms with E-state index in [2.05, 4.69) is 61.2 Å². The molecule has 0 aliphatic heterocycles. The summed E-state index contributed by atoms with van der Waals surface area (Å²) in [7, 11) is 6.25. The summed E-state index contributed by atoms with van der Waals surface area (Å²) in [6.45, 7) is 8.67. The summed E-state index contributed by atoms with van der Waals surface area (Å²) in [4.78, 5) is 0. The van der Waals surface area contributed by atoms with Crippen LogP contribution in [0, 0.1) is 27.7 Å². The molecule has 1 fully saturated rings. The molecule has 1 aliphatic carbocycles. The first-order chi connectivity index (χ1) is 12.9. The number of aryl methyl sites for hydroxylation is 4. The van der Waals surface area contributed by atoms with E-state index >= 15 is 0 Å². The van der Waals surface area contributed by atoms with Crippen LogP contribution in [0.15, 0.2) is 24.3 Å². The Morgan fingerprint density at radius 1 is 0.778 bits per heavy atom. The van der Waals surface area contributed by atoms with Gasteiger partial charge < -0.3 is 9.47 Å². The van der Waals surface area contributed by atoms with E-state index in [-0.39, 0.29) is 0 Å². The predicted octanol–water partition coefficient (Wildman–Crippen LogP) is 5.17. The molecule has 2 aromatic carbocycles. The predicted molar refractivity (Wildman–Crippen MR) is 122 cm³/mol. The van der Waals surface area contributed by atoms with E-state index in [1.165, 1.54) is 52.1 Å². The molecule has 3 rings (SSSR count). The van der Waals surface area contributed by atoms with E-state index in [0.717, 1.165) is 11.5 Å². The molecule has 1 saturated carbocycles. The summed E-state index contributed by atoms with van der Waals surface area (Å²) in [5.41, 5.74) is 6.35. The second-order valence-corrected chi connectivity index (χ2v) is 11.1. The van der Waals surface area contributed by atoms with E-state index in [9.17, 15) is 0 Å². The van der Waals surface area contributed by atoms with Gasteiger partial charge in [-0.3, -0.25) is 0 Å². The minimum atomic E-state index is -0.423. The van der Waals surface area contributed by atoms with E-state index in [1.54, 1.807) is 14.2 Å². The van der Waals surface area contributed by atoms with Crippen LogP contribution in [0.4, 0.5) is 0 Å². The van der Waals surface area contributed by atoms with Crippen molar-refractivity contribution in [3.05, 3.63) is 46.5 Å². The Labute approximate surface area is 168 Å². The van der Waals surface area contributed by atoms with Crippen molar-refractivity contribution in [2.75, 3.05) is 14.2 Å². The van der Waals surface area contributed by atoms with Crippen LogP contribution in [0.1, 0.15) is 41.5 Å². The zero-order chi connectivity index (χ0) is 19.7. The quantitative estimate of drug-likeness (QED) is 0.643. The van der Waals surface area contributed by atoms with Crippen LogP contribution in [0.3, 0.4) is 0 Å². The fourth-order valence-corrected chi connectivity index (χ4v) is 8.91. The highest BCUT2D eigenvalue weighted by Crippen LogP contribution is 2.51. The van der Waals surface area contributed by atoms with Gasteiger partial charge in [0.1, 0.15) is 11.5 Å². The molecule has 4 heteroatoms. The lowest BCUT2D eigenvalue weighted by molar-refractivity contribution is 0.408. The Hall–Kier alpha value is -1.10. The highest BCUT2D eigenvalue weighted by Gasteiger charge is 2.34. The molecule has 2 nitrogen and oxygen atoms in total. The van der Waals surface area contributed by atoms with E-state index in [1.807, 2.05) is 0 Å². The van der Waals surface area contributed by atoms with Crippen LogP contribution in [0.5, 0.6) is 11.5 Å². The molecule has 0 spiro atoms. The Kier molecular flexibility index (Phi) is 6.50. The molecule has 0 heterocycles. The zero-order valence-electron chi connectivity index (χ0n) is 17.4. The third-order valence-electron chi connectivity index (χ3n) is 5.72. The molecule has 146 valence electrons. The summed E-state index contributed by atoms with van der Waals surface area (Å²) in [5.74, 6) is 2.04. The Morgan fingerprint density at radius 2 is 1.19 bits per heavy atom. The van der Waals surface area contributed by atoms with Crippen molar-refractivity contribution < 1.29 is 9.47 Å². The summed E-state index contributed by atoms with van der Waals surface area (Å²) in [6, 6.07) is 9.45. The molecule has 3 unspecified atom stereocenters. The number of methoxy groups -OCH3 is 2. The van der Waals surface area contributed by atoms with Gasteiger partial charge in [-0.25, -0.2) is 0 Å². The number of hydrogen-bond acceptors (Lipinski definition) is 2. The molecular weight excluding hydrogens is 370 g/mol. The van der Waals surface area contributed by atoms with Crippen LogP contribution in [-0.4, -0.2) is 25.5 Å². The second-order valence-electron chi connectivity index (χ2n) is 7.76. The highest BCUT2D eigenvalue weighted by atomic mass is 31.1. The number of hydrogen-bond donors (Lipinski definition) is 0. The monoisotopic (exact) mass is 402 g/mol. The summed E-state index contributed by atoms with van der Waals surface area (Å²) in [5, 5.41) is 2.95. The molecular formula is C23H32O2P2. The third kappa shape index (κ3) is 4.03. The van der Waals surface area contributed by atoms with Gasteiger partial charge in [-0.2, -0.15) is 0 Å². The molecule has 0 aromatic heterocycles. The van der Waals surface area contributed by atoms with Crippen molar-refractivity contribution in [1.82, 2.24) is 0 Å². The smallest absolute Gasteiger partial charge is 0.124 e. The van der Waals surface area contributed by atoms with Crippen molar-refractivity contribution >= 4 is 27.8 Å². The van der Waals surface area contributed by atoms with Gasteiger partial charge in [0.25, 0.3) is 0 Å². The van der Waals surface area contributed by atoms with Crippen LogP contribution < -0.4 is 20.1 Å². The molecule has 3 atom stereocenters. The zero-order valence-corrected chi connectivity index (χ0v) is 19.5. The molecule has 0 N–H and O–H groups in total. The molecule has 1 aliphatic rings. The number of rotatable bonds is 5. The van der Waals surface area contributed by atoms with Crippen LogP contribution in [-0.2, 0) is 0 Å². The lowest BCUT2D eigenvalue weighted by Crippen LogP contribution is -2.26. The maximum Gasteiger partial charge on any atom is 0.124 e.